The van der Waals surface area contributed by atoms with Crippen LogP contribution < -0.4 is 10.2 Å². The number of alkyl halides is 2. The molecule has 0 spiro atoms. The maximum Gasteiger partial charge on any atom is 0.259 e. The smallest absolute Gasteiger partial charge is 0.259 e. The summed E-state index contributed by atoms with van der Waals surface area (Å²) in [5.41, 5.74) is 0.604. The van der Waals surface area contributed by atoms with Gasteiger partial charge in [-0.25, -0.2) is 18.2 Å². The highest BCUT2D eigenvalue weighted by Gasteiger charge is 2.33. The van der Waals surface area contributed by atoms with Crippen LogP contribution in [0.25, 0.3) is 0 Å². The Morgan fingerprint density at radius 1 is 1.31 bits per heavy atom. The van der Waals surface area contributed by atoms with E-state index in [4.69, 9.17) is 16.9 Å². The lowest BCUT2D eigenvalue weighted by molar-refractivity contribution is -0.0102. The molecular formula is C20H18ClF3N4O. The van der Waals surface area contributed by atoms with E-state index in [1.807, 2.05) is 0 Å². The summed E-state index contributed by atoms with van der Waals surface area (Å²) in [5, 5.41) is 11.8. The largest absolute Gasteiger partial charge is 0.356 e. The lowest BCUT2D eigenvalue weighted by Crippen LogP contribution is -2.29. The molecule has 0 unspecified atom stereocenters. The summed E-state index contributed by atoms with van der Waals surface area (Å²) >= 11 is 6.14. The van der Waals surface area contributed by atoms with Gasteiger partial charge >= 0.3 is 0 Å². The van der Waals surface area contributed by atoms with E-state index >= 15 is 0 Å². The molecule has 1 saturated heterocycles. The SMILES string of the molecule is Cc1nc(N2CCCC(F)(F)CC2)c(C(=O)Nc2ccc(F)c(C#N)c2)cc1Cl. The second-order valence-corrected chi connectivity index (χ2v) is 7.29. The van der Waals surface area contributed by atoms with Gasteiger partial charge in [0.1, 0.15) is 17.7 Å². The Balaban J connectivity index is 1.93. The van der Waals surface area contributed by atoms with Crippen LogP contribution in [0.2, 0.25) is 5.02 Å². The van der Waals surface area contributed by atoms with Crippen molar-refractivity contribution in [3.63, 3.8) is 0 Å². The summed E-state index contributed by atoms with van der Waals surface area (Å²) in [6.07, 6.45) is -0.286. The van der Waals surface area contributed by atoms with Gasteiger partial charge in [0, 0.05) is 31.6 Å². The second kappa shape index (κ2) is 8.29. The predicted molar refractivity (Wildman–Crippen MR) is 104 cm³/mol. The summed E-state index contributed by atoms with van der Waals surface area (Å²) < 4.78 is 41.0. The topological polar surface area (TPSA) is 69.0 Å². The molecule has 152 valence electrons. The fraction of sp³-hybridized carbons (Fsp3) is 0.350. The summed E-state index contributed by atoms with van der Waals surface area (Å²) in [7, 11) is 0. The Bertz CT molecular complexity index is 990. The van der Waals surface area contributed by atoms with Crippen molar-refractivity contribution in [2.24, 2.45) is 0 Å². The minimum Gasteiger partial charge on any atom is -0.356 e. The number of carbonyl (C=O) groups is 1. The number of hydrogen-bond donors (Lipinski definition) is 1. The molecule has 1 amide bonds. The van der Waals surface area contributed by atoms with Crippen molar-refractivity contribution in [2.75, 3.05) is 23.3 Å². The average molecular weight is 423 g/mol. The molecule has 0 atom stereocenters. The summed E-state index contributed by atoms with van der Waals surface area (Å²) in [5.74, 6) is -3.76. The molecule has 1 aromatic heterocycles. The van der Waals surface area contributed by atoms with E-state index in [-0.39, 0.29) is 53.5 Å². The summed E-state index contributed by atoms with van der Waals surface area (Å²) in [6, 6.07) is 6.75. The summed E-state index contributed by atoms with van der Waals surface area (Å²) in [6.45, 7) is 2.05. The Hall–Kier alpha value is -2.79. The molecule has 0 bridgehead atoms. The number of aromatic nitrogens is 1. The first-order chi connectivity index (χ1) is 13.7. The van der Waals surface area contributed by atoms with Crippen molar-refractivity contribution in [2.45, 2.75) is 32.1 Å². The first-order valence-corrected chi connectivity index (χ1v) is 9.39. The fourth-order valence-corrected chi connectivity index (χ4v) is 3.29. The normalized spacial score (nSPS) is 16.1. The third-order valence-corrected chi connectivity index (χ3v) is 5.12. The van der Waals surface area contributed by atoms with Crippen molar-refractivity contribution in [3.05, 3.63) is 51.9 Å². The summed E-state index contributed by atoms with van der Waals surface area (Å²) in [4.78, 5) is 18.9. The van der Waals surface area contributed by atoms with Crippen LogP contribution in [0.5, 0.6) is 0 Å². The molecule has 1 fully saturated rings. The molecule has 5 nitrogen and oxygen atoms in total. The molecule has 9 heteroatoms. The van der Waals surface area contributed by atoms with Crippen LogP contribution in [-0.2, 0) is 0 Å². The Labute approximate surface area is 171 Å². The molecule has 0 aliphatic carbocycles. The zero-order valence-corrected chi connectivity index (χ0v) is 16.4. The Kier molecular flexibility index (Phi) is 5.99. The molecule has 0 radical (unpaired) electrons. The van der Waals surface area contributed by atoms with Gasteiger partial charge in [0.25, 0.3) is 5.91 Å². The maximum absolute atomic E-state index is 13.7. The number of nitrogens with one attached hydrogen (secondary N) is 1. The molecule has 2 aromatic rings. The molecule has 0 saturated carbocycles. The van der Waals surface area contributed by atoms with Crippen molar-refractivity contribution in [1.82, 2.24) is 4.98 Å². The van der Waals surface area contributed by atoms with E-state index in [0.29, 0.717) is 12.2 Å². The number of pyridine rings is 1. The molecule has 1 aliphatic heterocycles. The third-order valence-electron chi connectivity index (χ3n) is 4.74. The van der Waals surface area contributed by atoms with Gasteiger partial charge in [-0.3, -0.25) is 4.79 Å². The van der Waals surface area contributed by atoms with Crippen LogP contribution in [0.15, 0.2) is 24.3 Å². The molecule has 1 aromatic carbocycles. The number of rotatable bonds is 3. The van der Waals surface area contributed by atoms with Crippen LogP contribution in [0.4, 0.5) is 24.7 Å². The number of hydrogen-bond acceptors (Lipinski definition) is 4. The highest BCUT2D eigenvalue weighted by molar-refractivity contribution is 6.31. The van der Waals surface area contributed by atoms with Gasteiger partial charge in [-0.2, -0.15) is 5.26 Å². The molecule has 1 N–H and O–H groups in total. The van der Waals surface area contributed by atoms with Crippen molar-refractivity contribution in [3.8, 4) is 6.07 Å². The quantitative estimate of drug-likeness (QED) is 0.761. The van der Waals surface area contributed by atoms with E-state index in [0.717, 1.165) is 6.07 Å². The lowest BCUT2D eigenvalue weighted by atomic mass is 10.1. The number of aryl methyl sites for hydroxylation is 1. The first kappa shape index (κ1) is 20.9. The Morgan fingerprint density at radius 2 is 2.07 bits per heavy atom. The van der Waals surface area contributed by atoms with E-state index in [2.05, 4.69) is 10.3 Å². The van der Waals surface area contributed by atoms with Crippen LogP contribution in [0.1, 0.15) is 40.9 Å². The monoisotopic (exact) mass is 422 g/mol. The minimum absolute atomic E-state index is 0.0521. The van der Waals surface area contributed by atoms with E-state index in [1.165, 1.54) is 18.2 Å². The standard InChI is InChI=1S/C20H18ClF3N4O/c1-12-16(21)10-15(18(26-12)28-7-2-5-20(23,24)6-8-28)19(29)27-14-3-4-17(22)13(9-14)11-25/h3-4,9-10H,2,5-8H2,1H3,(H,27,29). The second-order valence-electron chi connectivity index (χ2n) is 6.88. The average Bonchev–Trinajstić information content (AvgIpc) is 2.85. The first-order valence-electron chi connectivity index (χ1n) is 9.01. The van der Waals surface area contributed by atoms with Crippen LogP contribution in [0.3, 0.4) is 0 Å². The van der Waals surface area contributed by atoms with Gasteiger partial charge in [-0.1, -0.05) is 11.6 Å². The molecular weight excluding hydrogens is 405 g/mol. The number of benzene rings is 1. The van der Waals surface area contributed by atoms with E-state index in [1.54, 1.807) is 17.9 Å². The number of carbonyl (C=O) groups excluding carboxylic acids is 1. The van der Waals surface area contributed by atoms with Crippen molar-refractivity contribution < 1.29 is 18.0 Å². The van der Waals surface area contributed by atoms with Crippen LogP contribution in [-0.4, -0.2) is 29.9 Å². The molecule has 1 aliphatic rings. The van der Waals surface area contributed by atoms with Crippen molar-refractivity contribution in [1.29, 1.82) is 5.26 Å². The highest BCUT2D eigenvalue weighted by Crippen LogP contribution is 2.32. The number of anilines is 2. The number of nitriles is 1. The Morgan fingerprint density at radius 3 is 2.79 bits per heavy atom. The zero-order valence-electron chi connectivity index (χ0n) is 15.6. The van der Waals surface area contributed by atoms with Gasteiger partial charge in [0.05, 0.1) is 21.8 Å². The lowest BCUT2D eigenvalue weighted by Gasteiger charge is -2.24. The van der Waals surface area contributed by atoms with Gasteiger partial charge < -0.3 is 10.2 Å². The third kappa shape index (κ3) is 4.80. The fourth-order valence-electron chi connectivity index (χ4n) is 3.14. The van der Waals surface area contributed by atoms with Crippen molar-refractivity contribution >= 4 is 29.0 Å². The number of amides is 1. The van der Waals surface area contributed by atoms with E-state index in [9.17, 15) is 18.0 Å². The predicted octanol–water partition coefficient (Wildman–Crippen LogP) is 4.93. The molecule has 3 rings (SSSR count). The molecule has 29 heavy (non-hydrogen) atoms. The number of halogens is 4. The van der Waals surface area contributed by atoms with Gasteiger partial charge in [0.2, 0.25) is 5.92 Å². The number of nitrogens with zero attached hydrogens (tertiary/aromatic N) is 3. The van der Waals surface area contributed by atoms with Crippen LogP contribution >= 0.6 is 11.6 Å². The molecule has 2 heterocycles. The van der Waals surface area contributed by atoms with E-state index < -0.39 is 17.6 Å². The zero-order chi connectivity index (χ0) is 21.2. The minimum atomic E-state index is -2.75. The van der Waals surface area contributed by atoms with Gasteiger partial charge in [0.15, 0.2) is 0 Å². The van der Waals surface area contributed by atoms with Gasteiger partial charge in [-0.05, 0) is 37.6 Å². The highest BCUT2D eigenvalue weighted by atomic mass is 35.5. The van der Waals surface area contributed by atoms with Gasteiger partial charge in [-0.15, -0.1) is 0 Å². The van der Waals surface area contributed by atoms with Crippen LogP contribution in [0, 0.1) is 24.1 Å². The maximum atomic E-state index is 13.7.